The average molecular weight is 262 g/mol. The quantitative estimate of drug-likeness (QED) is 0.913. The molecule has 2 aromatic rings. The lowest BCUT2D eigenvalue weighted by Crippen LogP contribution is -2.13. The summed E-state index contributed by atoms with van der Waals surface area (Å²) in [6.45, 7) is 0. The van der Waals surface area contributed by atoms with Crippen molar-refractivity contribution in [2.75, 3.05) is 7.11 Å². The molecule has 0 amide bonds. The maximum Gasteiger partial charge on any atom is 0.119 e. The highest BCUT2D eigenvalue weighted by Crippen LogP contribution is 2.21. The number of nitrogens with two attached hydrogens (primary N) is 1. The second-order valence-electron chi connectivity index (χ2n) is 4.22. The normalized spacial score (nSPS) is 12.2. The maximum absolute atomic E-state index is 6.19. The molecule has 3 heteroatoms. The van der Waals surface area contributed by atoms with Crippen LogP contribution in [0.5, 0.6) is 5.75 Å². The van der Waals surface area contributed by atoms with Gasteiger partial charge in [0.25, 0.3) is 0 Å². The van der Waals surface area contributed by atoms with Gasteiger partial charge >= 0.3 is 0 Å². The monoisotopic (exact) mass is 261 g/mol. The van der Waals surface area contributed by atoms with Gasteiger partial charge in [-0.25, -0.2) is 0 Å². The molecule has 1 atom stereocenters. The molecule has 2 nitrogen and oxygen atoms in total. The summed E-state index contributed by atoms with van der Waals surface area (Å²) in [5.74, 6) is 0.853. The van der Waals surface area contributed by atoms with E-state index in [9.17, 15) is 0 Å². The molecule has 2 aromatic carbocycles. The van der Waals surface area contributed by atoms with Crippen LogP contribution in [0.25, 0.3) is 0 Å². The molecule has 18 heavy (non-hydrogen) atoms. The topological polar surface area (TPSA) is 35.2 Å². The Labute approximate surface area is 112 Å². The Kier molecular flexibility index (Phi) is 4.24. The molecule has 0 radical (unpaired) electrons. The highest BCUT2D eigenvalue weighted by Gasteiger charge is 2.08. The Morgan fingerprint density at radius 3 is 2.67 bits per heavy atom. The van der Waals surface area contributed by atoms with E-state index in [0.29, 0.717) is 5.02 Å². The lowest BCUT2D eigenvalue weighted by molar-refractivity contribution is 0.414. The largest absolute Gasteiger partial charge is 0.497 e. The zero-order valence-corrected chi connectivity index (χ0v) is 11.0. The van der Waals surface area contributed by atoms with E-state index in [4.69, 9.17) is 22.1 Å². The fourth-order valence-corrected chi connectivity index (χ4v) is 2.11. The minimum absolute atomic E-state index is 0.0594. The first-order chi connectivity index (χ1) is 8.69. The summed E-state index contributed by atoms with van der Waals surface area (Å²) >= 11 is 5.96. The predicted molar refractivity (Wildman–Crippen MR) is 75.1 cm³/mol. The molecular weight excluding hydrogens is 246 g/mol. The molecule has 0 saturated carbocycles. The van der Waals surface area contributed by atoms with Crippen LogP contribution in [0.4, 0.5) is 0 Å². The van der Waals surface area contributed by atoms with Crippen molar-refractivity contribution in [3.05, 3.63) is 64.7 Å². The van der Waals surface area contributed by atoms with E-state index in [1.807, 2.05) is 48.5 Å². The standard InChI is InChI=1S/C15H16ClNO/c1-18-14-7-2-4-11(8-14)9-15(17)12-5-3-6-13(16)10-12/h2-8,10,15H,9,17H2,1H3. The first-order valence-corrected chi connectivity index (χ1v) is 6.21. The highest BCUT2D eigenvalue weighted by atomic mass is 35.5. The molecule has 0 aliphatic rings. The van der Waals surface area contributed by atoms with Gasteiger partial charge in [0.15, 0.2) is 0 Å². The summed E-state index contributed by atoms with van der Waals surface area (Å²) in [7, 11) is 1.66. The number of hydrogen-bond donors (Lipinski definition) is 1. The first-order valence-electron chi connectivity index (χ1n) is 5.83. The summed E-state index contributed by atoms with van der Waals surface area (Å²) in [5, 5.41) is 0.716. The van der Waals surface area contributed by atoms with Gasteiger partial charge in [-0.15, -0.1) is 0 Å². The molecule has 2 N–H and O–H groups in total. The lowest BCUT2D eigenvalue weighted by atomic mass is 10.00. The second kappa shape index (κ2) is 5.89. The van der Waals surface area contributed by atoms with Crippen molar-refractivity contribution >= 4 is 11.6 Å². The average Bonchev–Trinajstić information content (AvgIpc) is 2.39. The molecular formula is C15H16ClNO. The number of rotatable bonds is 4. The molecule has 1 unspecified atom stereocenters. The number of halogens is 1. The van der Waals surface area contributed by atoms with Crippen molar-refractivity contribution < 1.29 is 4.74 Å². The van der Waals surface area contributed by atoms with Crippen LogP contribution >= 0.6 is 11.6 Å². The highest BCUT2D eigenvalue weighted by molar-refractivity contribution is 6.30. The molecule has 0 aromatic heterocycles. The van der Waals surface area contributed by atoms with Crippen LogP contribution < -0.4 is 10.5 Å². The molecule has 0 bridgehead atoms. The van der Waals surface area contributed by atoms with Gasteiger partial charge in [-0.1, -0.05) is 35.9 Å². The van der Waals surface area contributed by atoms with E-state index >= 15 is 0 Å². The van der Waals surface area contributed by atoms with Gasteiger partial charge in [-0.05, 0) is 41.8 Å². The fraction of sp³-hybridized carbons (Fsp3) is 0.200. The third-order valence-corrected chi connectivity index (χ3v) is 3.10. The number of hydrogen-bond acceptors (Lipinski definition) is 2. The van der Waals surface area contributed by atoms with Crippen LogP contribution in [0, 0.1) is 0 Å². The number of ether oxygens (including phenoxy) is 1. The number of methoxy groups -OCH3 is 1. The first kappa shape index (κ1) is 12.9. The molecule has 0 aliphatic carbocycles. The molecule has 0 fully saturated rings. The Morgan fingerprint density at radius 2 is 1.94 bits per heavy atom. The van der Waals surface area contributed by atoms with Gasteiger partial charge in [0.2, 0.25) is 0 Å². The van der Waals surface area contributed by atoms with Crippen LogP contribution in [0.1, 0.15) is 17.2 Å². The van der Waals surface area contributed by atoms with Crippen LogP contribution in [0.15, 0.2) is 48.5 Å². The van der Waals surface area contributed by atoms with E-state index in [-0.39, 0.29) is 6.04 Å². The predicted octanol–water partition coefficient (Wildman–Crippen LogP) is 3.59. The summed E-state index contributed by atoms with van der Waals surface area (Å²) in [6.07, 6.45) is 0.761. The van der Waals surface area contributed by atoms with Gasteiger partial charge in [-0.3, -0.25) is 0 Å². The summed E-state index contributed by atoms with van der Waals surface area (Å²) < 4.78 is 5.20. The van der Waals surface area contributed by atoms with E-state index in [2.05, 4.69) is 0 Å². The molecule has 0 saturated heterocycles. The third kappa shape index (κ3) is 3.25. The van der Waals surface area contributed by atoms with Gasteiger partial charge in [-0.2, -0.15) is 0 Å². The van der Waals surface area contributed by atoms with Crippen LogP contribution in [-0.4, -0.2) is 7.11 Å². The van der Waals surface area contributed by atoms with Crippen molar-refractivity contribution in [2.45, 2.75) is 12.5 Å². The van der Waals surface area contributed by atoms with Crippen LogP contribution in [0.3, 0.4) is 0 Å². The lowest BCUT2D eigenvalue weighted by Gasteiger charge is -2.13. The van der Waals surface area contributed by atoms with Crippen molar-refractivity contribution in [2.24, 2.45) is 5.73 Å². The molecule has 2 rings (SSSR count). The van der Waals surface area contributed by atoms with Gasteiger partial charge in [0, 0.05) is 11.1 Å². The molecule has 0 spiro atoms. The zero-order chi connectivity index (χ0) is 13.0. The second-order valence-corrected chi connectivity index (χ2v) is 4.65. The summed E-state index contributed by atoms with van der Waals surface area (Å²) in [6, 6.07) is 15.6. The molecule has 94 valence electrons. The summed E-state index contributed by atoms with van der Waals surface area (Å²) in [5.41, 5.74) is 8.39. The Balaban J connectivity index is 2.13. The fourth-order valence-electron chi connectivity index (χ4n) is 1.91. The van der Waals surface area contributed by atoms with Crippen LogP contribution in [0.2, 0.25) is 5.02 Å². The van der Waals surface area contributed by atoms with E-state index in [1.165, 1.54) is 0 Å². The smallest absolute Gasteiger partial charge is 0.119 e. The Hall–Kier alpha value is -1.51. The number of benzene rings is 2. The minimum atomic E-state index is -0.0594. The Morgan fingerprint density at radius 1 is 1.17 bits per heavy atom. The van der Waals surface area contributed by atoms with E-state index < -0.39 is 0 Å². The van der Waals surface area contributed by atoms with Gasteiger partial charge < -0.3 is 10.5 Å². The van der Waals surface area contributed by atoms with Crippen LogP contribution in [-0.2, 0) is 6.42 Å². The molecule has 0 aliphatic heterocycles. The Bertz CT molecular complexity index is 527. The van der Waals surface area contributed by atoms with Crippen molar-refractivity contribution in [1.82, 2.24) is 0 Å². The molecule has 0 heterocycles. The third-order valence-electron chi connectivity index (χ3n) is 2.87. The van der Waals surface area contributed by atoms with Crippen molar-refractivity contribution in [3.8, 4) is 5.75 Å². The van der Waals surface area contributed by atoms with E-state index in [0.717, 1.165) is 23.3 Å². The minimum Gasteiger partial charge on any atom is -0.497 e. The maximum atomic E-state index is 6.19. The van der Waals surface area contributed by atoms with Crippen molar-refractivity contribution in [1.29, 1.82) is 0 Å². The van der Waals surface area contributed by atoms with Crippen molar-refractivity contribution in [3.63, 3.8) is 0 Å². The SMILES string of the molecule is COc1cccc(CC(N)c2cccc(Cl)c2)c1. The summed E-state index contributed by atoms with van der Waals surface area (Å²) in [4.78, 5) is 0. The van der Waals surface area contributed by atoms with Gasteiger partial charge in [0.1, 0.15) is 5.75 Å². The van der Waals surface area contributed by atoms with E-state index in [1.54, 1.807) is 7.11 Å². The zero-order valence-electron chi connectivity index (χ0n) is 10.3. The van der Waals surface area contributed by atoms with Gasteiger partial charge in [0.05, 0.1) is 7.11 Å².